The molecular weight excluding hydrogens is 294 g/mol. The van der Waals surface area contributed by atoms with E-state index in [4.69, 9.17) is 9.84 Å². The first-order valence-electron chi connectivity index (χ1n) is 7.45. The summed E-state index contributed by atoms with van der Waals surface area (Å²) >= 11 is 0. The fraction of sp³-hybridized carbons (Fsp3) is 0.222. The van der Waals surface area contributed by atoms with E-state index in [0.29, 0.717) is 17.9 Å². The SMILES string of the molecule is CCOc1ccc2nc3ccccc3cc2c1CC(O)C(=O)O. The van der Waals surface area contributed by atoms with Crippen molar-refractivity contribution < 1.29 is 19.7 Å². The Balaban J connectivity index is 2.23. The number of pyridine rings is 1. The number of rotatable bonds is 5. The molecule has 0 saturated carbocycles. The molecular formula is C18H17NO4. The van der Waals surface area contributed by atoms with Crippen LogP contribution in [0.15, 0.2) is 42.5 Å². The molecule has 0 amide bonds. The topological polar surface area (TPSA) is 79.7 Å². The molecule has 2 aromatic carbocycles. The highest BCUT2D eigenvalue weighted by atomic mass is 16.5. The van der Waals surface area contributed by atoms with Crippen molar-refractivity contribution in [2.24, 2.45) is 0 Å². The number of carbonyl (C=O) groups is 1. The summed E-state index contributed by atoms with van der Waals surface area (Å²) in [6.45, 7) is 2.32. The number of benzene rings is 2. The highest BCUT2D eigenvalue weighted by Gasteiger charge is 2.19. The van der Waals surface area contributed by atoms with E-state index in [1.54, 1.807) is 6.07 Å². The van der Waals surface area contributed by atoms with E-state index in [1.807, 2.05) is 43.3 Å². The maximum atomic E-state index is 11.0. The van der Waals surface area contributed by atoms with Crippen LogP contribution in [-0.2, 0) is 11.2 Å². The van der Waals surface area contributed by atoms with Crippen LogP contribution in [0.1, 0.15) is 12.5 Å². The molecule has 1 heterocycles. The monoisotopic (exact) mass is 311 g/mol. The molecule has 2 N–H and O–H groups in total. The number of para-hydroxylation sites is 1. The van der Waals surface area contributed by atoms with Crippen molar-refractivity contribution in [3.63, 3.8) is 0 Å². The first kappa shape index (κ1) is 15.2. The lowest BCUT2D eigenvalue weighted by Crippen LogP contribution is -2.22. The third kappa shape index (κ3) is 2.96. The molecule has 0 aliphatic carbocycles. The van der Waals surface area contributed by atoms with Crippen molar-refractivity contribution in [2.45, 2.75) is 19.4 Å². The Kier molecular flexibility index (Phi) is 4.12. The Bertz CT molecular complexity index is 875. The number of aliphatic hydroxyl groups is 1. The Morgan fingerprint density at radius 2 is 2.00 bits per heavy atom. The third-order valence-electron chi connectivity index (χ3n) is 3.75. The molecule has 0 radical (unpaired) electrons. The normalized spacial score (nSPS) is 12.4. The Hall–Kier alpha value is -2.66. The third-order valence-corrected chi connectivity index (χ3v) is 3.75. The van der Waals surface area contributed by atoms with E-state index in [-0.39, 0.29) is 6.42 Å². The maximum Gasteiger partial charge on any atom is 0.332 e. The lowest BCUT2D eigenvalue weighted by Gasteiger charge is -2.15. The Morgan fingerprint density at radius 1 is 1.22 bits per heavy atom. The van der Waals surface area contributed by atoms with Gasteiger partial charge in [0.05, 0.1) is 17.6 Å². The van der Waals surface area contributed by atoms with E-state index in [2.05, 4.69) is 4.98 Å². The highest BCUT2D eigenvalue weighted by Crippen LogP contribution is 2.31. The fourth-order valence-electron chi connectivity index (χ4n) is 2.67. The van der Waals surface area contributed by atoms with Gasteiger partial charge >= 0.3 is 5.97 Å². The standard InChI is InChI=1S/C18H17NO4/c1-2-23-17-8-7-15-12(13(17)10-16(20)18(21)22)9-11-5-3-4-6-14(11)19-15/h3-9,16,20H,2,10H2,1H3,(H,21,22). The van der Waals surface area contributed by atoms with Crippen molar-refractivity contribution in [3.8, 4) is 5.75 Å². The Morgan fingerprint density at radius 3 is 2.74 bits per heavy atom. The largest absolute Gasteiger partial charge is 0.494 e. The van der Waals surface area contributed by atoms with Crippen LogP contribution in [0.3, 0.4) is 0 Å². The van der Waals surface area contributed by atoms with Crippen molar-refractivity contribution in [3.05, 3.63) is 48.0 Å². The number of ether oxygens (including phenoxy) is 1. The summed E-state index contributed by atoms with van der Waals surface area (Å²) in [6.07, 6.45) is -1.51. The highest BCUT2D eigenvalue weighted by molar-refractivity contribution is 5.95. The zero-order chi connectivity index (χ0) is 16.4. The summed E-state index contributed by atoms with van der Waals surface area (Å²) in [5.74, 6) is -0.671. The number of hydrogen-bond donors (Lipinski definition) is 2. The summed E-state index contributed by atoms with van der Waals surface area (Å²) in [7, 11) is 0. The molecule has 0 aliphatic rings. The van der Waals surface area contributed by atoms with Gasteiger partial charge in [0.25, 0.3) is 0 Å². The van der Waals surface area contributed by atoms with Gasteiger partial charge in [-0.15, -0.1) is 0 Å². The molecule has 118 valence electrons. The number of fused-ring (bicyclic) bond motifs is 2. The summed E-state index contributed by atoms with van der Waals surface area (Å²) in [5.41, 5.74) is 2.28. The van der Waals surface area contributed by atoms with Crippen LogP contribution in [-0.4, -0.2) is 33.9 Å². The summed E-state index contributed by atoms with van der Waals surface area (Å²) in [4.78, 5) is 15.6. The lowest BCUT2D eigenvalue weighted by molar-refractivity contribution is -0.146. The quantitative estimate of drug-likeness (QED) is 0.708. The minimum absolute atomic E-state index is 0.0258. The number of hydrogen-bond acceptors (Lipinski definition) is 4. The van der Waals surface area contributed by atoms with Crippen LogP contribution in [0.25, 0.3) is 21.8 Å². The second-order valence-electron chi connectivity index (χ2n) is 5.28. The van der Waals surface area contributed by atoms with Crippen LogP contribution in [0, 0.1) is 0 Å². The molecule has 0 spiro atoms. The molecule has 23 heavy (non-hydrogen) atoms. The summed E-state index contributed by atoms with van der Waals surface area (Å²) < 4.78 is 5.61. The molecule has 0 bridgehead atoms. The van der Waals surface area contributed by atoms with E-state index in [0.717, 1.165) is 21.8 Å². The van der Waals surface area contributed by atoms with Crippen molar-refractivity contribution in [1.82, 2.24) is 4.98 Å². The van der Waals surface area contributed by atoms with Crippen molar-refractivity contribution in [1.29, 1.82) is 0 Å². The van der Waals surface area contributed by atoms with Crippen LogP contribution >= 0.6 is 0 Å². The van der Waals surface area contributed by atoms with E-state index in [1.165, 1.54) is 0 Å². The summed E-state index contributed by atoms with van der Waals surface area (Å²) in [6, 6.07) is 13.3. The molecule has 0 fully saturated rings. The van der Waals surface area contributed by atoms with Gasteiger partial charge in [0.2, 0.25) is 0 Å². The van der Waals surface area contributed by atoms with Crippen LogP contribution < -0.4 is 4.74 Å². The molecule has 3 aromatic rings. The van der Waals surface area contributed by atoms with E-state index in [9.17, 15) is 9.90 Å². The molecule has 0 aliphatic heterocycles. The molecule has 1 atom stereocenters. The second kappa shape index (κ2) is 6.22. The molecule has 5 nitrogen and oxygen atoms in total. The predicted octanol–water partition coefficient (Wildman–Crippen LogP) is 2.77. The van der Waals surface area contributed by atoms with Gasteiger partial charge in [0, 0.05) is 22.8 Å². The average molecular weight is 311 g/mol. The fourth-order valence-corrected chi connectivity index (χ4v) is 2.67. The molecule has 0 saturated heterocycles. The molecule has 1 aromatic heterocycles. The number of carboxylic acid groups (broad SMARTS) is 1. The first-order chi connectivity index (χ1) is 11.1. The number of carboxylic acids is 1. The average Bonchev–Trinajstić information content (AvgIpc) is 2.55. The van der Waals surface area contributed by atoms with Gasteiger partial charge in [-0.3, -0.25) is 0 Å². The van der Waals surface area contributed by atoms with Gasteiger partial charge in [-0.2, -0.15) is 0 Å². The minimum atomic E-state index is -1.48. The van der Waals surface area contributed by atoms with Gasteiger partial charge in [-0.1, -0.05) is 18.2 Å². The number of aliphatic carboxylic acids is 1. The first-order valence-corrected chi connectivity index (χ1v) is 7.45. The van der Waals surface area contributed by atoms with Gasteiger partial charge in [0.15, 0.2) is 6.10 Å². The second-order valence-corrected chi connectivity index (χ2v) is 5.28. The zero-order valence-electron chi connectivity index (χ0n) is 12.7. The van der Waals surface area contributed by atoms with Gasteiger partial charge in [-0.25, -0.2) is 9.78 Å². The molecule has 1 unspecified atom stereocenters. The minimum Gasteiger partial charge on any atom is -0.494 e. The lowest BCUT2D eigenvalue weighted by atomic mass is 9.99. The number of aliphatic hydroxyl groups excluding tert-OH is 1. The zero-order valence-corrected chi connectivity index (χ0v) is 12.7. The Labute approximate surface area is 133 Å². The number of nitrogens with zero attached hydrogens (tertiary/aromatic N) is 1. The maximum absolute atomic E-state index is 11.0. The molecule has 3 rings (SSSR count). The van der Waals surface area contributed by atoms with E-state index >= 15 is 0 Å². The van der Waals surface area contributed by atoms with Crippen LogP contribution in [0.5, 0.6) is 5.75 Å². The van der Waals surface area contributed by atoms with Crippen LogP contribution in [0.4, 0.5) is 0 Å². The van der Waals surface area contributed by atoms with E-state index < -0.39 is 12.1 Å². The van der Waals surface area contributed by atoms with Crippen molar-refractivity contribution in [2.75, 3.05) is 6.61 Å². The van der Waals surface area contributed by atoms with Crippen LogP contribution in [0.2, 0.25) is 0 Å². The predicted molar refractivity (Wildman–Crippen MR) is 87.8 cm³/mol. The molecule has 5 heteroatoms. The van der Waals surface area contributed by atoms with Gasteiger partial charge in [0.1, 0.15) is 5.75 Å². The van der Waals surface area contributed by atoms with Crippen molar-refractivity contribution >= 4 is 27.8 Å². The smallest absolute Gasteiger partial charge is 0.332 e. The van der Waals surface area contributed by atoms with Gasteiger partial charge < -0.3 is 14.9 Å². The summed E-state index contributed by atoms with van der Waals surface area (Å²) in [5, 5.41) is 20.5. The number of aromatic nitrogens is 1. The van der Waals surface area contributed by atoms with Gasteiger partial charge in [-0.05, 0) is 31.2 Å².